The molecule has 2 aromatic rings. The van der Waals surface area contributed by atoms with Gasteiger partial charge in [-0.1, -0.05) is 53.5 Å². The summed E-state index contributed by atoms with van der Waals surface area (Å²) in [6.45, 7) is 5.00. The maximum absolute atomic E-state index is 10.4. The van der Waals surface area contributed by atoms with Gasteiger partial charge < -0.3 is 15.2 Å². The van der Waals surface area contributed by atoms with E-state index in [0.717, 1.165) is 15.6 Å². The summed E-state index contributed by atoms with van der Waals surface area (Å²) < 4.78 is 6.81. The molecule has 124 valence electrons. The second-order valence-corrected chi connectivity index (χ2v) is 7.03. The SMILES string of the molecule is CC(C)NCC(O)c1cc(Br)ccc1OCc1ccc(Cl)cc1. The summed E-state index contributed by atoms with van der Waals surface area (Å²) in [6, 6.07) is 13.5. The van der Waals surface area contributed by atoms with Crippen LogP contribution >= 0.6 is 27.5 Å². The molecule has 0 aromatic heterocycles. The lowest BCUT2D eigenvalue weighted by Crippen LogP contribution is -2.28. The first-order valence-electron chi connectivity index (χ1n) is 7.54. The molecule has 0 saturated carbocycles. The van der Waals surface area contributed by atoms with Crippen LogP contribution in [0.25, 0.3) is 0 Å². The maximum Gasteiger partial charge on any atom is 0.125 e. The molecule has 2 aromatic carbocycles. The molecule has 1 unspecified atom stereocenters. The summed E-state index contributed by atoms with van der Waals surface area (Å²) in [6.07, 6.45) is -0.630. The van der Waals surface area contributed by atoms with Gasteiger partial charge >= 0.3 is 0 Å². The Morgan fingerprint density at radius 2 is 1.87 bits per heavy atom. The molecule has 23 heavy (non-hydrogen) atoms. The number of aliphatic hydroxyl groups excluding tert-OH is 1. The highest BCUT2D eigenvalue weighted by atomic mass is 79.9. The molecule has 0 bridgehead atoms. The van der Waals surface area contributed by atoms with Crippen molar-refractivity contribution >= 4 is 27.5 Å². The molecule has 2 N–H and O–H groups in total. The Morgan fingerprint density at radius 3 is 2.52 bits per heavy atom. The van der Waals surface area contributed by atoms with Crippen molar-refractivity contribution in [2.45, 2.75) is 32.6 Å². The average Bonchev–Trinajstić information content (AvgIpc) is 2.53. The van der Waals surface area contributed by atoms with E-state index >= 15 is 0 Å². The second-order valence-electron chi connectivity index (χ2n) is 5.68. The molecule has 0 radical (unpaired) electrons. The van der Waals surface area contributed by atoms with Crippen molar-refractivity contribution in [1.29, 1.82) is 0 Å². The third-order valence-electron chi connectivity index (χ3n) is 3.36. The van der Waals surface area contributed by atoms with Gasteiger partial charge in [0.05, 0.1) is 6.10 Å². The Hall–Kier alpha value is -1.07. The number of rotatable bonds is 7. The molecule has 3 nitrogen and oxygen atoms in total. The lowest BCUT2D eigenvalue weighted by molar-refractivity contribution is 0.164. The lowest BCUT2D eigenvalue weighted by Gasteiger charge is -2.18. The number of hydrogen-bond donors (Lipinski definition) is 2. The van der Waals surface area contributed by atoms with Crippen LogP contribution in [-0.4, -0.2) is 17.7 Å². The number of aliphatic hydroxyl groups is 1. The zero-order valence-corrected chi connectivity index (χ0v) is 15.6. The van der Waals surface area contributed by atoms with Crippen LogP contribution in [-0.2, 0) is 6.61 Å². The third kappa shape index (κ3) is 5.81. The van der Waals surface area contributed by atoms with Crippen molar-refractivity contribution in [2.24, 2.45) is 0 Å². The van der Waals surface area contributed by atoms with Gasteiger partial charge in [-0.3, -0.25) is 0 Å². The first-order chi connectivity index (χ1) is 11.0. The van der Waals surface area contributed by atoms with Gasteiger partial charge in [0.1, 0.15) is 12.4 Å². The lowest BCUT2D eigenvalue weighted by atomic mass is 10.1. The smallest absolute Gasteiger partial charge is 0.125 e. The first kappa shape index (κ1) is 18.3. The van der Waals surface area contributed by atoms with E-state index in [1.165, 1.54) is 0 Å². The van der Waals surface area contributed by atoms with Crippen LogP contribution in [0.15, 0.2) is 46.9 Å². The summed E-state index contributed by atoms with van der Waals surface area (Å²) >= 11 is 9.33. The fourth-order valence-electron chi connectivity index (χ4n) is 2.11. The van der Waals surface area contributed by atoms with Gasteiger partial charge in [-0.2, -0.15) is 0 Å². The van der Waals surface area contributed by atoms with E-state index in [2.05, 4.69) is 21.2 Å². The van der Waals surface area contributed by atoms with Crippen LogP contribution in [0.2, 0.25) is 5.02 Å². The number of hydrogen-bond acceptors (Lipinski definition) is 3. The third-order valence-corrected chi connectivity index (χ3v) is 4.10. The molecule has 5 heteroatoms. The second kappa shape index (κ2) is 8.69. The zero-order valence-electron chi connectivity index (χ0n) is 13.2. The van der Waals surface area contributed by atoms with Crippen molar-refractivity contribution < 1.29 is 9.84 Å². The minimum atomic E-state index is -0.630. The van der Waals surface area contributed by atoms with Gasteiger partial charge in [-0.15, -0.1) is 0 Å². The van der Waals surface area contributed by atoms with E-state index in [-0.39, 0.29) is 0 Å². The molecule has 0 aliphatic rings. The largest absolute Gasteiger partial charge is 0.489 e. The summed E-state index contributed by atoms with van der Waals surface area (Å²) in [7, 11) is 0. The first-order valence-corrected chi connectivity index (χ1v) is 8.71. The molecule has 0 spiro atoms. The monoisotopic (exact) mass is 397 g/mol. The Morgan fingerprint density at radius 1 is 1.17 bits per heavy atom. The number of ether oxygens (including phenoxy) is 1. The molecular formula is C18H21BrClNO2. The van der Waals surface area contributed by atoms with Crippen molar-refractivity contribution in [2.75, 3.05) is 6.54 Å². The minimum absolute atomic E-state index is 0.315. The van der Waals surface area contributed by atoms with Gasteiger partial charge in [0.25, 0.3) is 0 Å². The highest BCUT2D eigenvalue weighted by Crippen LogP contribution is 2.29. The Labute approximate surface area is 150 Å². The van der Waals surface area contributed by atoms with Crippen LogP contribution in [0, 0.1) is 0 Å². The fourth-order valence-corrected chi connectivity index (χ4v) is 2.61. The molecule has 0 fully saturated rings. The van der Waals surface area contributed by atoms with Gasteiger partial charge in [-0.25, -0.2) is 0 Å². The van der Waals surface area contributed by atoms with E-state index < -0.39 is 6.10 Å². The number of benzene rings is 2. The van der Waals surface area contributed by atoms with Crippen LogP contribution < -0.4 is 10.1 Å². The summed E-state index contributed by atoms with van der Waals surface area (Å²) in [4.78, 5) is 0. The van der Waals surface area contributed by atoms with Gasteiger partial charge in [0.2, 0.25) is 0 Å². The molecule has 2 rings (SSSR count). The molecule has 0 aliphatic carbocycles. The summed E-state index contributed by atoms with van der Waals surface area (Å²) in [5.74, 6) is 0.682. The predicted octanol–water partition coefficient (Wildman–Crippen LogP) is 4.71. The fraction of sp³-hybridized carbons (Fsp3) is 0.333. The maximum atomic E-state index is 10.4. The average molecular weight is 399 g/mol. The summed E-state index contributed by atoms with van der Waals surface area (Å²) in [5.41, 5.74) is 1.79. The standard InChI is InChI=1S/C18H21BrClNO2/c1-12(2)21-10-17(22)16-9-14(19)5-8-18(16)23-11-13-3-6-15(20)7-4-13/h3-9,12,17,21-22H,10-11H2,1-2H3. The normalized spacial score (nSPS) is 12.4. The van der Waals surface area contributed by atoms with E-state index in [1.54, 1.807) is 0 Å². The van der Waals surface area contributed by atoms with Crippen LogP contribution in [0.5, 0.6) is 5.75 Å². The molecule has 0 amide bonds. The van der Waals surface area contributed by atoms with E-state index in [0.29, 0.717) is 30.0 Å². The Kier molecular flexibility index (Phi) is 6.90. The van der Waals surface area contributed by atoms with Crippen LogP contribution in [0.4, 0.5) is 0 Å². The Bertz CT molecular complexity index is 631. The van der Waals surface area contributed by atoms with Gasteiger partial charge in [0, 0.05) is 27.6 Å². The predicted molar refractivity (Wildman–Crippen MR) is 98.0 cm³/mol. The Balaban J connectivity index is 2.09. The molecule has 1 atom stereocenters. The molecule has 0 heterocycles. The highest BCUT2D eigenvalue weighted by Gasteiger charge is 2.15. The number of halogens is 2. The topological polar surface area (TPSA) is 41.5 Å². The quantitative estimate of drug-likeness (QED) is 0.709. The number of nitrogens with one attached hydrogen (secondary N) is 1. The van der Waals surface area contributed by atoms with Crippen molar-refractivity contribution in [1.82, 2.24) is 5.32 Å². The van der Waals surface area contributed by atoms with Crippen LogP contribution in [0.1, 0.15) is 31.1 Å². The van der Waals surface area contributed by atoms with E-state index in [9.17, 15) is 5.11 Å². The van der Waals surface area contributed by atoms with Gasteiger partial charge in [0.15, 0.2) is 0 Å². The van der Waals surface area contributed by atoms with E-state index in [4.69, 9.17) is 16.3 Å². The molecule has 0 saturated heterocycles. The highest BCUT2D eigenvalue weighted by molar-refractivity contribution is 9.10. The minimum Gasteiger partial charge on any atom is -0.489 e. The van der Waals surface area contributed by atoms with Gasteiger partial charge in [-0.05, 0) is 35.9 Å². The molecule has 0 aliphatic heterocycles. The van der Waals surface area contributed by atoms with Crippen molar-refractivity contribution in [3.63, 3.8) is 0 Å². The zero-order chi connectivity index (χ0) is 16.8. The van der Waals surface area contributed by atoms with Crippen molar-refractivity contribution in [3.8, 4) is 5.75 Å². The van der Waals surface area contributed by atoms with E-state index in [1.807, 2.05) is 56.3 Å². The van der Waals surface area contributed by atoms with Crippen molar-refractivity contribution in [3.05, 3.63) is 63.1 Å². The molecular weight excluding hydrogens is 378 g/mol. The summed E-state index contributed by atoms with van der Waals surface area (Å²) in [5, 5.41) is 14.4. The van der Waals surface area contributed by atoms with Crippen LogP contribution in [0.3, 0.4) is 0 Å².